The van der Waals surface area contributed by atoms with Gasteiger partial charge in [-0.25, -0.2) is 0 Å². The van der Waals surface area contributed by atoms with Gasteiger partial charge in [0.2, 0.25) is 0 Å². The van der Waals surface area contributed by atoms with E-state index >= 15 is 0 Å². The summed E-state index contributed by atoms with van der Waals surface area (Å²) in [5, 5.41) is 0. The SMILES string of the molecule is CCCCCc1cc(S)c([C@@H]2C[C@H](C)CC[C@H]2C(C)C)c(S)c1. The summed E-state index contributed by atoms with van der Waals surface area (Å²) in [6, 6.07) is 4.62. The third-order valence-electron chi connectivity index (χ3n) is 5.66. The summed E-state index contributed by atoms with van der Waals surface area (Å²) in [5.41, 5.74) is 2.82. The molecule has 0 nitrogen and oxygen atoms in total. The Morgan fingerprint density at radius 2 is 1.74 bits per heavy atom. The van der Waals surface area contributed by atoms with Gasteiger partial charge in [0.05, 0.1) is 0 Å². The molecule has 0 aliphatic heterocycles. The molecule has 0 bridgehead atoms. The summed E-state index contributed by atoms with van der Waals surface area (Å²) in [5.74, 6) is 2.95. The smallest absolute Gasteiger partial charge is 0.00888 e. The van der Waals surface area contributed by atoms with Crippen molar-refractivity contribution in [2.75, 3.05) is 0 Å². The van der Waals surface area contributed by atoms with Crippen molar-refractivity contribution in [2.24, 2.45) is 17.8 Å². The van der Waals surface area contributed by atoms with Gasteiger partial charge in [0, 0.05) is 9.79 Å². The van der Waals surface area contributed by atoms with Gasteiger partial charge in [0.1, 0.15) is 0 Å². The predicted molar refractivity (Wildman–Crippen MR) is 108 cm³/mol. The highest BCUT2D eigenvalue weighted by molar-refractivity contribution is 7.81. The summed E-state index contributed by atoms with van der Waals surface area (Å²) in [6.45, 7) is 9.42. The Bertz CT molecular complexity index is 484. The number of hydrogen-bond donors (Lipinski definition) is 2. The van der Waals surface area contributed by atoms with Crippen molar-refractivity contribution in [3.8, 4) is 0 Å². The van der Waals surface area contributed by atoms with Gasteiger partial charge in [-0.2, -0.15) is 0 Å². The Labute approximate surface area is 154 Å². The fraction of sp³-hybridized carbons (Fsp3) is 0.714. The number of unbranched alkanes of at least 4 members (excludes halogenated alkanes) is 2. The summed E-state index contributed by atoms with van der Waals surface area (Å²) in [6.07, 6.45) is 9.02. The van der Waals surface area contributed by atoms with Crippen LogP contribution in [0.3, 0.4) is 0 Å². The van der Waals surface area contributed by atoms with Crippen LogP contribution in [0.15, 0.2) is 21.9 Å². The summed E-state index contributed by atoms with van der Waals surface area (Å²) in [4.78, 5) is 2.35. The van der Waals surface area contributed by atoms with E-state index in [0.717, 1.165) is 24.2 Å². The average molecular weight is 351 g/mol. The zero-order valence-corrected chi connectivity index (χ0v) is 17.1. The van der Waals surface area contributed by atoms with E-state index in [0.29, 0.717) is 5.92 Å². The van der Waals surface area contributed by atoms with Gasteiger partial charge in [0.15, 0.2) is 0 Å². The standard InChI is InChI=1S/C21H34S2/c1-5-6-7-8-16-12-19(22)21(20(23)13-16)18-11-15(4)9-10-17(18)14(2)3/h12-15,17-18,22-23H,5-11H2,1-4H3/t15-,17+,18-/m1/s1. The summed E-state index contributed by atoms with van der Waals surface area (Å²) >= 11 is 9.76. The van der Waals surface area contributed by atoms with Crippen molar-refractivity contribution in [3.05, 3.63) is 23.3 Å². The number of rotatable bonds is 6. The maximum Gasteiger partial charge on any atom is 0.00888 e. The van der Waals surface area contributed by atoms with Crippen LogP contribution >= 0.6 is 25.3 Å². The van der Waals surface area contributed by atoms with E-state index in [1.165, 1.54) is 59.4 Å². The zero-order chi connectivity index (χ0) is 17.0. The van der Waals surface area contributed by atoms with Gasteiger partial charge in [-0.3, -0.25) is 0 Å². The van der Waals surface area contributed by atoms with Crippen LogP contribution in [-0.2, 0) is 6.42 Å². The third kappa shape index (κ3) is 4.95. The Balaban J connectivity index is 2.26. The molecule has 0 unspecified atom stereocenters. The molecule has 1 aromatic rings. The lowest BCUT2D eigenvalue weighted by atomic mass is 9.67. The molecule has 1 aliphatic rings. The zero-order valence-electron chi connectivity index (χ0n) is 15.3. The van der Waals surface area contributed by atoms with E-state index in [9.17, 15) is 0 Å². The first-order chi connectivity index (χ1) is 10.9. The van der Waals surface area contributed by atoms with Crippen molar-refractivity contribution in [3.63, 3.8) is 0 Å². The molecular formula is C21H34S2. The Hall–Kier alpha value is -0.0800. The second kappa shape index (κ2) is 8.85. The number of hydrogen-bond acceptors (Lipinski definition) is 2. The fourth-order valence-corrected chi connectivity index (χ4v) is 5.31. The number of aryl methyl sites for hydroxylation is 1. The van der Waals surface area contributed by atoms with E-state index in [1.807, 2.05) is 0 Å². The molecule has 1 aromatic carbocycles. The van der Waals surface area contributed by atoms with E-state index in [-0.39, 0.29) is 0 Å². The van der Waals surface area contributed by atoms with Crippen LogP contribution in [0.1, 0.15) is 83.3 Å². The average Bonchev–Trinajstić information content (AvgIpc) is 2.46. The largest absolute Gasteiger partial charge is 0.143 e. The van der Waals surface area contributed by atoms with Crippen LogP contribution < -0.4 is 0 Å². The Morgan fingerprint density at radius 3 is 2.30 bits per heavy atom. The van der Waals surface area contributed by atoms with Gasteiger partial charge in [-0.05, 0) is 72.6 Å². The molecule has 0 heterocycles. The van der Waals surface area contributed by atoms with Crippen LogP contribution in [0.25, 0.3) is 0 Å². The van der Waals surface area contributed by atoms with Crippen LogP contribution in [0.2, 0.25) is 0 Å². The molecule has 23 heavy (non-hydrogen) atoms. The molecule has 0 amide bonds. The lowest BCUT2D eigenvalue weighted by molar-refractivity contribution is 0.194. The summed E-state index contributed by atoms with van der Waals surface area (Å²) in [7, 11) is 0. The monoisotopic (exact) mass is 350 g/mol. The second-order valence-corrected chi connectivity index (χ2v) is 8.90. The Kier molecular flexibility index (Phi) is 7.41. The predicted octanol–water partition coefficient (Wildman–Crippen LogP) is 7.17. The van der Waals surface area contributed by atoms with Gasteiger partial charge in [0.25, 0.3) is 0 Å². The van der Waals surface area contributed by atoms with Crippen molar-refractivity contribution in [1.29, 1.82) is 0 Å². The van der Waals surface area contributed by atoms with Crippen molar-refractivity contribution < 1.29 is 0 Å². The maximum absolute atomic E-state index is 4.88. The third-order valence-corrected chi connectivity index (χ3v) is 6.40. The molecule has 0 radical (unpaired) electrons. The molecule has 0 N–H and O–H groups in total. The van der Waals surface area contributed by atoms with Crippen LogP contribution in [0.4, 0.5) is 0 Å². The van der Waals surface area contributed by atoms with E-state index in [4.69, 9.17) is 25.3 Å². The molecule has 1 fully saturated rings. The number of thiol groups is 2. The topological polar surface area (TPSA) is 0 Å². The van der Waals surface area contributed by atoms with E-state index < -0.39 is 0 Å². The fourth-order valence-electron chi connectivity index (χ4n) is 4.32. The van der Waals surface area contributed by atoms with Crippen LogP contribution in [-0.4, -0.2) is 0 Å². The minimum absolute atomic E-state index is 0.628. The molecule has 2 rings (SSSR count). The first kappa shape index (κ1) is 19.2. The van der Waals surface area contributed by atoms with Crippen molar-refractivity contribution in [1.82, 2.24) is 0 Å². The molecule has 0 spiro atoms. The molecule has 3 atom stereocenters. The molecule has 0 saturated heterocycles. The molecule has 1 saturated carbocycles. The highest BCUT2D eigenvalue weighted by Crippen LogP contribution is 2.47. The van der Waals surface area contributed by atoms with E-state index in [1.54, 1.807) is 0 Å². The molecule has 1 aliphatic carbocycles. The van der Waals surface area contributed by atoms with E-state index in [2.05, 4.69) is 39.8 Å². The molecule has 0 aromatic heterocycles. The van der Waals surface area contributed by atoms with Crippen molar-refractivity contribution >= 4 is 25.3 Å². The lowest BCUT2D eigenvalue weighted by Gasteiger charge is -2.39. The normalized spacial score (nSPS) is 25.1. The molecule has 2 heteroatoms. The van der Waals surface area contributed by atoms with Gasteiger partial charge in [-0.15, -0.1) is 25.3 Å². The van der Waals surface area contributed by atoms with Crippen LogP contribution in [0.5, 0.6) is 0 Å². The quantitative estimate of drug-likeness (QED) is 0.394. The lowest BCUT2D eigenvalue weighted by Crippen LogP contribution is -2.26. The second-order valence-electron chi connectivity index (χ2n) is 7.94. The first-order valence-electron chi connectivity index (χ1n) is 9.48. The van der Waals surface area contributed by atoms with Gasteiger partial charge in [-0.1, -0.05) is 47.0 Å². The van der Waals surface area contributed by atoms with Gasteiger partial charge >= 0.3 is 0 Å². The highest BCUT2D eigenvalue weighted by atomic mass is 32.1. The van der Waals surface area contributed by atoms with Crippen LogP contribution in [0, 0.1) is 17.8 Å². The minimum Gasteiger partial charge on any atom is -0.143 e. The Morgan fingerprint density at radius 1 is 1.09 bits per heavy atom. The van der Waals surface area contributed by atoms with Gasteiger partial charge < -0.3 is 0 Å². The maximum atomic E-state index is 4.88. The molecular weight excluding hydrogens is 316 g/mol. The first-order valence-corrected chi connectivity index (χ1v) is 10.4. The minimum atomic E-state index is 0.628. The summed E-state index contributed by atoms with van der Waals surface area (Å²) < 4.78 is 0. The molecule has 130 valence electrons. The highest BCUT2D eigenvalue weighted by Gasteiger charge is 2.33. The number of benzene rings is 1. The van der Waals surface area contributed by atoms with Crippen molar-refractivity contribution in [2.45, 2.75) is 88.3 Å².